The molecule has 0 bridgehead atoms. The van der Waals surface area contributed by atoms with Crippen LogP contribution < -0.4 is 0 Å². The predicted octanol–water partition coefficient (Wildman–Crippen LogP) is 17.8. The lowest BCUT2D eigenvalue weighted by Crippen LogP contribution is -2.28. The summed E-state index contributed by atoms with van der Waals surface area (Å²) in [6, 6.07) is 0. The lowest BCUT2D eigenvalue weighted by molar-refractivity contribution is 0.229. The standard InChI is InChI=1S/C12H22S4.2C12H22S2.C12H22/c1-7-5-6-11-10(4)15-13-8(2)9(3)14-16-12(7)11;1-7-5-6-11-10(4)14-13-9(3)8(2)12(7)11;1-7-5-6-11-9(3)8(2)10(4)13-14-12(7)11;1-7-5-6-11-9(3)8(2)10(4)12(7)11/h7-12H,5-6H2,1-4H3;2*7-12H,5-6H2,1-4H3;7-12H,5-6H2,1-4H3. The molecule has 8 heteroatoms. The molecule has 0 nitrogen and oxygen atoms in total. The van der Waals surface area contributed by atoms with Gasteiger partial charge in [-0.3, -0.25) is 0 Å². The molecular formula is C48H88S8. The zero-order chi connectivity index (χ0) is 41.2. The van der Waals surface area contributed by atoms with Crippen molar-refractivity contribution >= 4 is 86.4 Å². The molecule has 24 unspecified atom stereocenters. The van der Waals surface area contributed by atoms with E-state index in [1.807, 2.05) is 0 Å². The van der Waals surface area contributed by atoms with Gasteiger partial charge in [0.15, 0.2) is 0 Å². The first-order valence-corrected chi connectivity index (χ1v) is 32.8. The Labute approximate surface area is 381 Å². The zero-order valence-corrected chi connectivity index (χ0v) is 45.3. The summed E-state index contributed by atoms with van der Waals surface area (Å²) in [6.45, 7) is 39.2. The van der Waals surface area contributed by atoms with Crippen molar-refractivity contribution in [1.29, 1.82) is 0 Å². The average Bonchev–Trinajstić information content (AvgIpc) is 3.97. The summed E-state index contributed by atoms with van der Waals surface area (Å²) in [6.07, 6.45) is 11.8. The third-order valence-corrected chi connectivity index (χ3v) is 32.9. The Morgan fingerprint density at radius 2 is 0.589 bits per heavy atom. The maximum absolute atomic E-state index is 2.49. The van der Waals surface area contributed by atoms with Gasteiger partial charge in [-0.05, 0) is 133 Å². The molecule has 0 aromatic carbocycles. The van der Waals surface area contributed by atoms with E-state index < -0.39 is 0 Å². The van der Waals surface area contributed by atoms with Crippen molar-refractivity contribution in [3.05, 3.63) is 0 Å². The molecule has 0 aromatic rings. The fourth-order valence-corrected chi connectivity index (χ4v) is 27.5. The van der Waals surface area contributed by atoms with Crippen LogP contribution >= 0.6 is 86.4 Å². The Balaban J connectivity index is 0.000000143. The van der Waals surface area contributed by atoms with Gasteiger partial charge < -0.3 is 0 Å². The fraction of sp³-hybridized carbons (Fsp3) is 1.00. The van der Waals surface area contributed by atoms with E-state index in [1.54, 1.807) is 0 Å². The van der Waals surface area contributed by atoms with Crippen molar-refractivity contribution < 1.29 is 0 Å². The molecule has 0 radical (unpaired) electrons. The topological polar surface area (TPSA) is 0 Å². The lowest BCUT2D eigenvalue weighted by atomic mass is 9.78. The van der Waals surface area contributed by atoms with Crippen LogP contribution in [0, 0.1) is 94.7 Å². The number of fused-ring (bicyclic) bond motifs is 4. The van der Waals surface area contributed by atoms with Gasteiger partial charge in [0.1, 0.15) is 0 Å². The largest absolute Gasteiger partial charge is 0.0904 e. The first-order valence-electron chi connectivity index (χ1n) is 23.7. The van der Waals surface area contributed by atoms with E-state index in [1.165, 1.54) is 51.4 Å². The van der Waals surface area contributed by atoms with Crippen LogP contribution in [0.15, 0.2) is 0 Å². The van der Waals surface area contributed by atoms with Crippen molar-refractivity contribution in [1.82, 2.24) is 0 Å². The second-order valence-corrected chi connectivity index (χ2v) is 32.8. The molecule has 328 valence electrons. The molecule has 0 N–H and O–H groups in total. The van der Waals surface area contributed by atoms with Gasteiger partial charge in [-0.1, -0.05) is 210 Å². The first-order chi connectivity index (χ1) is 26.4. The Bertz CT molecular complexity index is 1170. The van der Waals surface area contributed by atoms with Gasteiger partial charge in [-0.15, -0.1) is 0 Å². The van der Waals surface area contributed by atoms with E-state index in [9.17, 15) is 0 Å². The predicted molar refractivity (Wildman–Crippen MR) is 275 cm³/mol. The van der Waals surface area contributed by atoms with E-state index in [4.69, 9.17) is 0 Å². The van der Waals surface area contributed by atoms with Gasteiger partial charge in [0.25, 0.3) is 0 Å². The van der Waals surface area contributed by atoms with Crippen molar-refractivity contribution in [3.63, 3.8) is 0 Å². The van der Waals surface area contributed by atoms with Gasteiger partial charge in [0.05, 0.1) is 0 Å². The Morgan fingerprint density at radius 3 is 1.16 bits per heavy atom. The first kappa shape index (κ1) is 49.8. The quantitative estimate of drug-likeness (QED) is 0.218. The number of rotatable bonds is 0. The minimum atomic E-state index is 0.777. The van der Waals surface area contributed by atoms with Crippen LogP contribution in [0.2, 0.25) is 0 Å². The molecule has 3 saturated heterocycles. The summed E-state index contributed by atoms with van der Waals surface area (Å²) in [5, 5.41) is 6.80. The highest BCUT2D eigenvalue weighted by molar-refractivity contribution is 8.79. The van der Waals surface area contributed by atoms with Gasteiger partial charge >= 0.3 is 0 Å². The Morgan fingerprint density at radius 1 is 0.232 bits per heavy atom. The molecule has 0 aromatic heterocycles. The molecule has 5 aliphatic carbocycles. The third kappa shape index (κ3) is 11.7. The zero-order valence-electron chi connectivity index (χ0n) is 38.8. The Kier molecular flexibility index (Phi) is 20.1. The van der Waals surface area contributed by atoms with Crippen molar-refractivity contribution in [3.8, 4) is 0 Å². The molecule has 8 fully saturated rings. The molecular weight excluding hydrogens is 833 g/mol. The highest BCUT2D eigenvalue weighted by atomic mass is 33.1. The highest BCUT2D eigenvalue weighted by Gasteiger charge is 2.49. The smallest absolute Gasteiger partial charge is 0.0247 e. The lowest BCUT2D eigenvalue weighted by Gasteiger charge is -2.30. The van der Waals surface area contributed by atoms with E-state index in [2.05, 4.69) is 197 Å². The van der Waals surface area contributed by atoms with Crippen LogP contribution in [0.3, 0.4) is 0 Å². The molecule has 24 atom stereocenters. The summed E-state index contributed by atoms with van der Waals surface area (Å²) in [5.41, 5.74) is 0. The van der Waals surface area contributed by atoms with E-state index in [0.29, 0.717) is 0 Å². The fourth-order valence-electron chi connectivity index (χ4n) is 12.8. The number of hydrogen-bond acceptors (Lipinski definition) is 8. The Hall–Kier alpha value is 2.80. The molecule has 0 amide bonds. The average molecular weight is 922 g/mol. The van der Waals surface area contributed by atoms with Crippen molar-refractivity contribution in [2.45, 2.75) is 204 Å². The maximum Gasteiger partial charge on any atom is 0.0247 e. The molecule has 5 saturated carbocycles. The van der Waals surface area contributed by atoms with Crippen molar-refractivity contribution in [2.24, 2.45) is 94.7 Å². The molecule has 56 heavy (non-hydrogen) atoms. The van der Waals surface area contributed by atoms with Crippen LogP contribution in [0.4, 0.5) is 0 Å². The molecule has 8 rings (SSSR count). The number of hydrogen-bond donors (Lipinski definition) is 0. The van der Waals surface area contributed by atoms with Crippen LogP contribution in [0.25, 0.3) is 0 Å². The molecule has 3 heterocycles. The minimum absolute atomic E-state index is 0.777. The second kappa shape index (κ2) is 22.6. The molecule has 3 aliphatic heterocycles. The normalized spacial score (nSPS) is 54.0. The van der Waals surface area contributed by atoms with Gasteiger partial charge in [0.2, 0.25) is 0 Å². The molecule has 8 aliphatic rings. The summed E-state index contributed by atoms with van der Waals surface area (Å²) in [4.78, 5) is 0. The van der Waals surface area contributed by atoms with Crippen LogP contribution in [-0.4, -0.2) is 42.0 Å². The van der Waals surface area contributed by atoms with E-state index >= 15 is 0 Å². The minimum Gasteiger partial charge on any atom is -0.0904 e. The highest BCUT2D eigenvalue weighted by Crippen LogP contribution is 2.58. The van der Waals surface area contributed by atoms with E-state index in [-0.39, 0.29) is 0 Å². The molecule has 0 spiro atoms. The summed E-state index contributed by atoms with van der Waals surface area (Å²) >= 11 is 0. The van der Waals surface area contributed by atoms with Crippen LogP contribution in [0.5, 0.6) is 0 Å². The third-order valence-electron chi connectivity index (χ3n) is 17.8. The second-order valence-electron chi connectivity index (χ2n) is 21.1. The monoisotopic (exact) mass is 920 g/mol. The summed E-state index contributed by atoms with van der Waals surface area (Å²) in [5.74, 6) is 15.7. The van der Waals surface area contributed by atoms with E-state index in [0.717, 1.165) is 137 Å². The van der Waals surface area contributed by atoms with Crippen LogP contribution in [-0.2, 0) is 0 Å². The van der Waals surface area contributed by atoms with Gasteiger partial charge in [0, 0.05) is 42.0 Å². The van der Waals surface area contributed by atoms with Crippen molar-refractivity contribution in [2.75, 3.05) is 0 Å². The summed E-state index contributed by atoms with van der Waals surface area (Å²) in [7, 11) is 17.2. The maximum atomic E-state index is 2.49. The summed E-state index contributed by atoms with van der Waals surface area (Å²) < 4.78 is 0. The SMILES string of the molecule is CC1CCC2C(C)C(C)C(C)C12.CC1CCC2C(C)C(C)C(C)SSC12.CC1CCC2C(C)SSC(C)C(C)C12.CC1CCC2C(C)SSC(C)C(C)SSC12. The van der Waals surface area contributed by atoms with Gasteiger partial charge in [-0.2, -0.15) is 0 Å². The van der Waals surface area contributed by atoms with Gasteiger partial charge in [-0.25, -0.2) is 0 Å². The van der Waals surface area contributed by atoms with Crippen LogP contribution in [0.1, 0.15) is 162 Å².